The molecule has 0 N–H and O–H groups in total. The highest BCUT2D eigenvalue weighted by molar-refractivity contribution is 5.72. The second-order valence-electron chi connectivity index (χ2n) is 3.94. The van der Waals surface area contributed by atoms with E-state index in [9.17, 15) is 0 Å². The molecule has 0 aliphatic rings. The van der Waals surface area contributed by atoms with Crippen LogP contribution in [0.3, 0.4) is 0 Å². The van der Waals surface area contributed by atoms with Crippen molar-refractivity contribution in [3.05, 3.63) is 70.8 Å². The van der Waals surface area contributed by atoms with E-state index >= 15 is 0 Å². The van der Waals surface area contributed by atoms with Crippen molar-refractivity contribution in [2.75, 3.05) is 0 Å². The van der Waals surface area contributed by atoms with Gasteiger partial charge in [0.1, 0.15) is 0 Å². The van der Waals surface area contributed by atoms with Gasteiger partial charge in [-0.2, -0.15) is 5.26 Å². The minimum atomic E-state index is 0.705. The molecule has 2 rings (SSSR count). The smallest absolute Gasteiger partial charge is 0.0997 e. The van der Waals surface area contributed by atoms with Gasteiger partial charge in [0.2, 0.25) is 0 Å². The van der Waals surface area contributed by atoms with Gasteiger partial charge in [-0.05, 0) is 24.1 Å². The minimum absolute atomic E-state index is 0.705. The summed E-state index contributed by atoms with van der Waals surface area (Å²) in [6, 6.07) is 18.1. The van der Waals surface area contributed by atoms with E-state index in [4.69, 9.17) is 5.26 Å². The fourth-order valence-corrected chi connectivity index (χ4v) is 1.61. The summed E-state index contributed by atoms with van der Waals surface area (Å²) < 4.78 is 0. The highest BCUT2D eigenvalue weighted by Gasteiger charge is 1.95. The van der Waals surface area contributed by atoms with Gasteiger partial charge in [0.25, 0.3) is 0 Å². The SMILES string of the molecule is Cc1ccc(/C=C\c2ccccc2C#N)cc1. The van der Waals surface area contributed by atoms with E-state index in [1.54, 1.807) is 0 Å². The molecule has 0 bridgehead atoms. The molecule has 0 unspecified atom stereocenters. The monoisotopic (exact) mass is 219 g/mol. The van der Waals surface area contributed by atoms with Crippen molar-refractivity contribution < 1.29 is 0 Å². The Labute approximate surface area is 102 Å². The van der Waals surface area contributed by atoms with Gasteiger partial charge in [0.05, 0.1) is 11.6 Å². The number of nitriles is 1. The molecule has 0 spiro atoms. The Morgan fingerprint density at radius 3 is 2.35 bits per heavy atom. The first-order chi connectivity index (χ1) is 8.29. The van der Waals surface area contributed by atoms with Crippen molar-refractivity contribution in [2.24, 2.45) is 0 Å². The van der Waals surface area contributed by atoms with Crippen LogP contribution in [-0.4, -0.2) is 0 Å². The summed E-state index contributed by atoms with van der Waals surface area (Å²) in [6.45, 7) is 2.07. The number of nitrogens with zero attached hydrogens (tertiary/aromatic N) is 1. The third-order valence-corrected chi connectivity index (χ3v) is 2.61. The summed E-state index contributed by atoms with van der Waals surface area (Å²) in [5.74, 6) is 0. The topological polar surface area (TPSA) is 23.8 Å². The van der Waals surface area contributed by atoms with Crippen molar-refractivity contribution in [2.45, 2.75) is 6.92 Å². The van der Waals surface area contributed by atoms with Crippen LogP contribution >= 0.6 is 0 Å². The molecule has 2 aromatic carbocycles. The van der Waals surface area contributed by atoms with E-state index in [-0.39, 0.29) is 0 Å². The van der Waals surface area contributed by atoms with Gasteiger partial charge in [-0.25, -0.2) is 0 Å². The van der Waals surface area contributed by atoms with Gasteiger partial charge in [0, 0.05) is 0 Å². The summed E-state index contributed by atoms with van der Waals surface area (Å²) in [6.07, 6.45) is 4.00. The van der Waals surface area contributed by atoms with Crippen LogP contribution in [0, 0.1) is 18.3 Å². The predicted molar refractivity (Wildman–Crippen MR) is 71.3 cm³/mol. The third kappa shape index (κ3) is 2.83. The van der Waals surface area contributed by atoms with Crippen molar-refractivity contribution >= 4 is 12.2 Å². The summed E-state index contributed by atoms with van der Waals surface area (Å²) in [4.78, 5) is 0. The Bertz CT molecular complexity index is 571. The zero-order valence-electron chi connectivity index (χ0n) is 9.72. The number of rotatable bonds is 2. The highest BCUT2D eigenvalue weighted by Crippen LogP contribution is 2.12. The molecule has 0 heterocycles. The van der Waals surface area contributed by atoms with Gasteiger partial charge in [-0.15, -0.1) is 0 Å². The Morgan fingerprint density at radius 2 is 1.65 bits per heavy atom. The van der Waals surface area contributed by atoms with Crippen molar-refractivity contribution in [3.63, 3.8) is 0 Å². The van der Waals surface area contributed by atoms with Crippen LogP contribution in [0.25, 0.3) is 12.2 Å². The summed E-state index contributed by atoms with van der Waals surface area (Å²) in [5, 5.41) is 8.97. The van der Waals surface area contributed by atoms with Crippen LogP contribution < -0.4 is 0 Å². The molecule has 0 saturated heterocycles. The molecule has 0 aliphatic carbocycles. The molecular formula is C16H13N. The van der Waals surface area contributed by atoms with Crippen LogP contribution in [0.5, 0.6) is 0 Å². The molecule has 17 heavy (non-hydrogen) atoms. The Balaban J connectivity index is 2.26. The van der Waals surface area contributed by atoms with Crippen LogP contribution in [0.15, 0.2) is 48.5 Å². The van der Waals surface area contributed by atoms with Gasteiger partial charge < -0.3 is 0 Å². The Morgan fingerprint density at radius 1 is 0.941 bits per heavy atom. The van der Waals surface area contributed by atoms with E-state index < -0.39 is 0 Å². The van der Waals surface area contributed by atoms with E-state index in [1.807, 2.05) is 36.4 Å². The van der Waals surface area contributed by atoms with Crippen molar-refractivity contribution in [1.29, 1.82) is 5.26 Å². The van der Waals surface area contributed by atoms with Crippen LogP contribution in [0.1, 0.15) is 22.3 Å². The zero-order valence-corrected chi connectivity index (χ0v) is 9.72. The van der Waals surface area contributed by atoms with Crippen molar-refractivity contribution in [1.82, 2.24) is 0 Å². The lowest BCUT2D eigenvalue weighted by molar-refractivity contribution is 1.46. The highest BCUT2D eigenvalue weighted by atomic mass is 14.2. The normalized spacial score (nSPS) is 10.4. The molecule has 0 aliphatic heterocycles. The lowest BCUT2D eigenvalue weighted by Crippen LogP contribution is -1.80. The first-order valence-electron chi connectivity index (χ1n) is 5.53. The molecule has 1 nitrogen and oxygen atoms in total. The van der Waals surface area contributed by atoms with E-state index in [0.717, 1.165) is 11.1 Å². The third-order valence-electron chi connectivity index (χ3n) is 2.61. The largest absolute Gasteiger partial charge is 0.192 e. The number of aryl methyl sites for hydroxylation is 1. The van der Waals surface area contributed by atoms with Gasteiger partial charge >= 0.3 is 0 Å². The van der Waals surface area contributed by atoms with E-state index in [2.05, 4.69) is 37.3 Å². The molecule has 0 atom stereocenters. The molecule has 82 valence electrons. The molecular weight excluding hydrogens is 206 g/mol. The zero-order chi connectivity index (χ0) is 12.1. The average Bonchev–Trinajstić information content (AvgIpc) is 2.38. The summed E-state index contributed by atoms with van der Waals surface area (Å²) >= 11 is 0. The molecule has 0 saturated carbocycles. The predicted octanol–water partition coefficient (Wildman–Crippen LogP) is 4.04. The second-order valence-corrected chi connectivity index (χ2v) is 3.94. The second kappa shape index (κ2) is 5.14. The molecule has 2 aromatic rings. The summed E-state index contributed by atoms with van der Waals surface area (Å²) in [5.41, 5.74) is 4.05. The van der Waals surface area contributed by atoms with Gasteiger partial charge in [-0.3, -0.25) is 0 Å². The maximum atomic E-state index is 8.97. The standard InChI is InChI=1S/C16H13N/c1-13-6-8-14(9-7-13)10-11-15-4-2-3-5-16(15)12-17/h2-11H,1H3/b11-10-. The van der Waals surface area contributed by atoms with E-state index in [0.29, 0.717) is 5.56 Å². The van der Waals surface area contributed by atoms with Gasteiger partial charge in [-0.1, -0.05) is 60.2 Å². The molecule has 0 fully saturated rings. The summed E-state index contributed by atoms with van der Waals surface area (Å²) in [7, 11) is 0. The first-order valence-corrected chi connectivity index (χ1v) is 5.53. The number of benzene rings is 2. The van der Waals surface area contributed by atoms with Crippen LogP contribution in [0.2, 0.25) is 0 Å². The van der Waals surface area contributed by atoms with Crippen molar-refractivity contribution in [3.8, 4) is 6.07 Å². The first kappa shape index (κ1) is 11.2. The quantitative estimate of drug-likeness (QED) is 0.699. The molecule has 0 aromatic heterocycles. The lowest BCUT2D eigenvalue weighted by atomic mass is 10.1. The average molecular weight is 219 g/mol. The van der Waals surface area contributed by atoms with Crippen LogP contribution in [0.4, 0.5) is 0 Å². The number of hydrogen-bond acceptors (Lipinski definition) is 1. The van der Waals surface area contributed by atoms with Gasteiger partial charge in [0.15, 0.2) is 0 Å². The van der Waals surface area contributed by atoms with E-state index in [1.165, 1.54) is 5.56 Å². The molecule has 0 radical (unpaired) electrons. The maximum Gasteiger partial charge on any atom is 0.0997 e. The number of hydrogen-bond donors (Lipinski definition) is 0. The molecule has 0 amide bonds. The van der Waals surface area contributed by atoms with Crippen LogP contribution in [-0.2, 0) is 0 Å². The Kier molecular flexibility index (Phi) is 3.37. The Hall–Kier alpha value is -2.33. The molecule has 1 heteroatoms. The fraction of sp³-hybridized carbons (Fsp3) is 0.0625. The fourth-order valence-electron chi connectivity index (χ4n) is 1.61. The minimum Gasteiger partial charge on any atom is -0.192 e. The maximum absolute atomic E-state index is 8.97. The lowest BCUT2D eigenvalue weighted by Gasteiger charge is -1.97.